The van der Waals surface area contributed by atoms with Crippen molar-refractivity contribution in [3.63, 3.8) is 0 Å². The molecule has 2 aromatic heterocycles. The van der Waals surface area contributed by atoms with E-state index in [0.29, 0.717) is 24.3 Å². The number of fused-ring (bicyclic) bond motifs is 1. The molecule has 1 fully saturated rings. The Balaban J connectivity index is 1.38. The van der Waals surface area contributed by atoms with Gasteiger partial charge in [-0.2, -0.15) is 5.10 Å². The van der Waals surface area contributed by atoms with E-state index in [1.165, 1.54) is 0 Å². The van der Waals surface area contributed by atoms with E-state index in [1.807, 2.05) is 60.7 Å². The fourth-order valence-corrected chi connectivity index (χ4v) is 4.52. The smallest absolute Gasteiger partial charge is 0.261 e. The number of aromatic nitrogens is 3. The van der Waals surface area contributed by atoms with Crippen molar-refractivity contribution < 1.29 is 9.59 Å². The summed E-state index contributed by atoms with van der Waals surface area (Å²) >= 11 is 0. The third-order valence-electron chi connectivity index (χ3n) is 6.28. The van der Waals surface area contributed by atoms with Crippen LogP contribution in [0, 0.1) is 5.92 Å². The molecule has 172 valence electrons. The van der Waals surface area contributed by atoms with Crippen LogP contribution in [-0.2, 0) is 11.3 Å². The van der Waals surface area contributed by atoms with E-state index >= 15 is 0 Å². The third-order valence-corrected chi connectivity index (χ3v) is 6.28. The Hall–Kier alpha value is -4.04. The molecular weight excluding hydrogens is 428 g/mol. The average Bonchev–Trinajstić information content (AvgIpc) is 3.30. The first-order valence-corrected chi connectivity index (χ1v) is 11.4. The molecule has 34 heavy (non-hydrogen) atoms. The molecule has 3 heterocycles. The molecule has 5 rings (SSSR count). The predicted octanol–water partition coefficient (Wildman–Crippen LogP) is 3.35. The summed E-state index contributed by atoms with van der Waals surface area (Å²) in [6, 6.07) is 19.5. The van der Waals surface area contributed by atoms with Crippen molar-refractivity contribution in [2.45, 2.75) is 19.4 Å². The van der Waals surface area contributed by atoms with E-state index < -0.39 is 0 Å². The number of rotatable bonds is 6. The van der Waals surface area contributed by atoms with E-state index in [1.54, 1.807) is 16.9 Å². The Morgan fingerprint density at radius 2 is 1.85 bits per heavy atom. The van der Waals surface area contributed by atoms with Crippen LogP contribution in [0.1, 0.15) is 28.8 Å². The van der Waals surface area contributed by atoms with Crippen LogP contribution in [0.15, 0.2) is 73.1 Å². The predicted molar refractivity (Wildman–Crippen MR) is 130 cm³/mol. The van der Waals surface area contributed by atoms with Gasteiger partial charge in [0.25, 0.3) is 5.91 Å². The monoisotopic (exact) mass is 454 g/mol. The summed E-state index contributed by atoms with van der Waals surface area (Å²) in [5.74, 6) is -0.644. The van der Waals surface area contributed by atoms with E-state index in [0.717, 1.165) is 41.9 Å². The number of amides is 2. The summed E-state index contributed by atoms with van der Waals surface area (Å²) in [5.41, 5.74) is 9.99. The number of anilines is 1. The van der Waals surface area contributed by atoms with Gasteiger partial charge in [0.05, 0.1) is 17.8 Å². The number of carbonyl (C=O) groups excluding carboxylic acids is 2. The van der Waals surface area contributed by atoms with Crippen molar-refractivity contribution in [2.24, 2.45) is 11.7 Å². The first kappa shape index (κ1) is 21.8. The SMILES string of the molecule is NC(=O)C1CCCN(Cc2ccccc2NC(=O)c2cnn3c(-c4ccccc4)ccnc23)C1. The van der Waals surface area contributed by atoms with Gasteiger partial charge in [0.15, 0.2) is 5.65 Å². The first-order valence-electron chi connectivity index (χ1n) is 11.4. The van der Waals surface area contributed by atoms with Crippen molar-refractivity contribution in [2.75, 3.05) is 18.4 Å². The Bertz CT molecular complexity index is 1330. The number of likely N-dealkylation sites (tertiary alicyclic amines) is 1. The van der Waals surface area contributed by atoms with Crippen LogP contribution < -0.4 is 11.1 Å². The number of primary amides is 1. The van der Waals surface area contributed by atoms with Crippen molar-refractivity contribution >= 4 is 23.1 Å². The molecule has 1 unspecified atom stereocenters. The molecule has 1 aliphatic rings. The first-order chi connectivity index (χ1) is 16.6. The molecule has 1 atom stereocenters. The number of nitrogens with two attached hydrogens (primary N) is 1. The topological polar surface area (TPSA) is 106 Å². The molecule has 0 radical (unpaired) electrons. The van der Waals surface area contributed by atoms with Crippen LogP contribution in [0.25, 0.3) is 16.9 Å². The molecule has 8 nitrogen and oxygen atoms in total. The number of hydrogen-bond donors (Lipinski definition) is 2. The van der Waals surface area contributed by atoms with E-state index in [9.17, 15) is 9.59 Å². The number of benzene rings is 2. The van der Waals surface area contributed by atoms with Gasteiger partial charge in [-0.15, -0.1) is 0 Å². The molecule has 0 bridgehead atoms. The number of para-hydroxylation sites is 1. The molecule has 0 aliphatic carbocycles. The third kappa shape index (κ3) is 4.40. The van der Waals surface area contributed by atoms with Gasteiger partial charge in [0.2, 0.25) is 5.91 Å². The minimum Gasteiger partial charge on any atom is -0.369 e. The van der Waals surface area contributed by atoms with Gasteiger partial charge >= 0.3 is 0 Å². The van der Waals surface area contributed by atoms with Gasteiger partial charge in [-0.3, -0.25) is 14.5 Å². The lowest BCUT2D eigenvalue weighted by molar-refractivity contribution is -0.123. The zero-order chi connectivity index (χ0) is 23.5. The van der Waals surface area contributed by atoms with Crippen molar-refractivity contribution in [1.29, 1.82) is 0 Å². The Kier molecular flexibility index (Phi) is 6.05. The van der Waals surface area contributed by atoms with Gasteiger partial charge in [0.1, 0.15) is 5.56 Å². The lowest BCUT2D eigenvalue weighted by atomic mass is 9.97. The summed E-state index contributed by atoms with van der Waals surface area (Å²) < 4.78 is 1.69. The molecule has 2 aromatic carbocycles. The van der Waals surface area contributed by atoms with E-state index in [4.69, 9.17) is 5.73 Å². The zero-order valence-electron chi connectivity index (χ0n) is 18.7. The normalized spacial score (nSPS) is 16.4. The van der Waals surface area contributed by atoms with Gasteiger partial charge in [-0.05, 0) is 37.1 Å². The minimum absolute atomic E-state index is 0.126. The van der Waals surface area contributed by atoms with Crippen LogP contribution in [0.4, 0.5) is 5.69 Å². The lowest BCUT2D eigenvalue weighted by Gasteiger charge is -2.31. The maximum atomic E-state index is 13.2. The quantitative estimate of drug-likeness (QED) is 0.465. The highest BCUT2D eigenvalue weighted by atomic mass is 16.2. The molecule has 1 saturated heterocycles. The Morgan fingerprint density at radius 3 is 2.68 bits per heavy atom. The van der Waals surface area contributed by atoms with Crippen molar-refractivity contribution in [1.82, 2.24) is 19.5 Å². The van der Waals surface area contributed by atoms with Crippen LogP contribution in [0.3, 0.4) is 0 Å². The largest absolute Gasteiger partial charge is 0.369 e. The second kappa shape index (κ2) is 9.44. The number of hydrogen-bond acceptors (Lipinski definition) is 5. The summed E-state index contributed by atoms with van der Waals surface area (Å²) in [6.07, 6.45) is 5.00. The second-order valence-electron chi connectivity index (χ2n) is 8.58. The standard InChI is InChI=1S/C26H26N6O2/c27-24(33)20-10-6-14-31(17-20)16-19-9-4-5-11-22(19)30-26(34)21-15-29-32-23(12-13-28-25(21)32)18-7-2-1-3-8-18/h1-5,7-9,11-13,15,20H,6,10,14,16-17H2,(H2,27,33)(H,30,34). The highest BCUT2D eigenvalue weighted by Gasteiger charge is 2.25. The molecule has 1 aliphatic heterocycles. The lowest BCUT2D eigenvalue weighted by Crippen LogP contribution is -2.40. The summed E-state index contributed by atoms with van der Waals surface area (Å²) in [5, 5.41) is 7.48. The van der Waals surface area contributed by atoms with Gasteiger partial charge in [-0.25, -0.2) is 9.50 Å². The van der Waals surface area contributed by atoms with Gasteiger partial charge in [0, 0.05) is 30.5 Å². The molecular formula is C26H26N6O2. The van der Waals surface area contributed by atoms with Crippen LogP contribution >= 0.6 is 0 Å². The summed E-state index contributed by atoms with van der Waals surface area (Å²) in [4.78, 5) is 31.5. The molecule has 0 spiro atoms. The van der Waals surface area contributed by atoms with E-state index in [2.05, 4.69) is 20.3 Å². The second-order valence-corrected chi connectivity index (χ2v) is 8.58. The van der Waals surface area contributed by atoms with E-state index in [-0.39, 0.29) is 17.7 Å². The van der Waals surface area contributed by atoms with Gasteiger partial charge in [-0.1, -0.05) is 48.5 Å². The highest BCUT2D eigenvalue weighted by Crippen LogP contribution is 2.24. The minimum atomic E-state index is -0.270. The number of nitrogens with zero attached hydrogens (tertiary/aromatic N) is 4. The number of nitrogens with one attached hydrogen (secondary N) is 1. The van der Waals surface area contributed by atoms with Crippen molar-refractivity contribution in [3.05, 3.63) is 84.2 Å². The van der Waals surface area contributed by atoms with Crippen LogP contribution in [0.5, 0.6) is 0 Å². The molecule has 4 aromatic rings. The van der Waals surface area contributed by atoms with Crippen molar-refractivity contribution in [3.8, 4) is 11.3 Å². The molecule has 0 saturated carbocycles. The fourth-order valence-electron chi connectivity index (χ4n) is 4.52. The number of carbonyl (C=O) groups is 2. The van der Waals surface area contributed by atoms with Crippen LogP contribution in [-0.4, -0.2) is 44.4 Å². The zero-order valence-corrected chi connectivity index (χ0v) is 18.7. The number of piperidine rings is 1. The molecule has 2 amide bonds. The maximum absolute atomic E-state index is 13.2. The summed E-state index contributed by atoms with van der Waals surface area (Å²) in [7, 11) is 0. The Morgan fingerprint density at radius 1 is 1.06 bits per heavy atom. The van der Waals surface area contributed by atoms with Gasteiger partial charge < -0.3 is 11.1 Å². The fraction of sp³-hybridized carbons (Fsp3) is 0.231. The maximum Gasteiger partial charge on any atom is 0.261 e. The Labute approximate surface area is 197 Å². The molecule has 8 heteroatoms. The molecule has 3 N–H and O–H groups in total. The average molecular weight is 455 g/mol. The van der Waals surface area contributed by atoms with Crippen LogP contribution in [0.2, 0.25) is 0 Å². The highest BCUT2D eigenvalue weighted by molar-refractivity contribution is 6.08. The summed E-state index contributed by atoms with van der Waals surface area (Å²) in [6.45, 7) is 2.16.